The number of unbranched alkanes of at least 4 members (excludes halogenated alkanes) is 13. The zero-order chi connectivity index (χ0) is 21.6. The standard InChI is InChI=1S/C18H38O4S.C5H11N/c1-3-4-5-6-7-8-9-10-11-12-13-14-15-16-17-18(2)22-23(19,20)21;1-2-4-6-5-3-1/h18H,3-17H2,1-2H3,(H,19,20,21);6H,1-5H2. The quantitative estimate of drug-likeness (QED) is 0.187. The van der Waals surface area contributed by atoms with Crippen LogP contribution in [0.15, 0.2) is 0 Å². The molecule has 1 saturated heterocycles. The molecule has 0 radical (unpaired) electrons. The normalized spacial score (nSPS) is 15.6. The van der Waals surface area contributed by atoms with Gasteiger partial charge in [0.15, 0.2) is 0 Å². The topological polar surface area (TPSA) is 83.0 Å². The number of nitrogens with two attached hydrogens (primary N) is 1. The lowest BCUT2D eigenvalue weighted by atomic mass is 10.0. The highest BCUT2D eigenvalue weighted by molar-refractivity contribution is 7.80. The maximum Gasteiger partial charge on any atom is 0.217 e. The summed E-state index contributed by atoms with van der Waals surface area (Å²) in [5, 5.41) is 2.39. The Bertz CT molecular complexity index is 413. The van der Waals surface area contributed by atoms with Crippen molar-refractivity contribution >= 4 is 10.4 Å². The monoisotopic (exact) mass is 435 g/mol. The van der Waals surface area contributed by atoms with E-state index in [1.807, 2.05) is 0 Å². The molecule has 1 aliphatic rings. The fourth-order valence-corrected chi connectivity index (χ4v) is 4.27. The summed E-state index contributed by atoms with van der Waals surface area (Å²) < 4.78 is 35.6. The lowest BCUT2D eigenvalue weighted by Gasteiger charge is -2.14. The highest BCUT2D eigenvalue weighted by Gasteiger charge is 2.05. The number of hydrogen-bond donors (Lipinski definition) is 1. The van der Waals surface area contributed by atoms with Crippen LogP contribution >= 0.6 is 0 Å². The maximum absolute atomic E-state index is 10.4. The van der Waals surface area contributed by atoms with E-state index in [4.69, 9.17) is 0 Å². The van der Waals surface area contributed by atoms with Crippen LogP contribution < -0.4 is 5.32 Å². The molecule has 1 rings (SSSR count). The summed E-state index contributed by atoms with van der Waals surface area (Å²) in [4.78, 5) is 0. The molecule has 176 valence electrons. The van der Waals surface area contributed by atoms with Crippen LogP contribution in [0.4, 0.5) is 0 Å². The molecule has 1 aliphatic heterocycles. The van der Waals surface area contributed by atoms with E-state index in [1.165, 1.54) is 109 Å². The van der Waals surface area contributed by atoms with Crippen LogP contribution in [-0.4, -0.2) is 32.2 Å². The number of piperidine rings is 1. The molecule has 0 aliphatic carbocycles. The Morgan fingerprint density at radius 3 is 1.48 bits per heavy atom. The summed E-state index contributed by atoms with van der Waals surface area (Å²) >= 11 is 0. The van der Waals surface area contributed by atoms with Gasteiger partial charge in [-0.2, -0.15) is 0 Å². The average molecular weight is 436 g/mol. The molecule has 1 unspecified atom stereocenters. The van der Waals surface area contributed by atoms with Crippen molar-refractivity contribution in [3.8, 4) is 0 Å². The van der Waals surface area contributed by atoms with E-state index in [9.17, 15) is 13.0 Å². The van der Waals surface area contributed by atoms with Crippen LogP contribution in [0, 0.1) is 0 Å². The minimum Gasteiger partial charge on any atom is -0.726 e. The first-order chi connectivity index (χ1) is 14.0. The summed E-state index contributed by atoms with van der Waals surface area (Å²) in [7, 11) is -4.54. The molecule has 29 heavy (non-hydrogen) atoms. The van der Waals surface area contributed by atoms with Crippen LogP contribution in [0.5, 0.6) is 0 Å². The van der Waals surface area contributed by atoms with E-state index < -0.39 is 16.5 Å². The minimum absolute atomic E-state index is 0.491. The number of quaternary nitrogens is 1. The predicted molar refractivity (Wildman–Crippen MR) is 121 cm³/mol. The molecule has 0 bridgehead atoms. The van der Waals surface area contributed by atoms with Crippen LogP contribution in [0.2, 0.25) is 0 Å². The second-order valence-electron chi connectivity index (χ2n) is 8.63. The summed E-state index contributed by atoms with van der Waals surface area (Å²) in [5.74, 6) is 0. The molecule has 6 heteroatoms. The summed E-state index contributed by atoms with van der Waals surface area (Å²) in [5.41, 5.74) is 0. The first-order valence-electron chi connectivity index (χ1n) is 12.4. The zero-order valence-electron chi connectivity index (χ0n) is 19.3. The Hall–Kier alpha value is -0.170. The van der Waals surface area contributed by atoms with Crippen molar-refractivity contribution in [1.82, 2.24) is 0 Å². The van der Waals surface area contributed by atoms with Crippen LogP contribution in [-0.2, 0) is 14.6 Å². The fraction of sp³-hybridized carbons (Fsp3) is 1.00. The van der Waals surface area contributed by atoms with Gasteiger partial charge in [-0.05, 0) is 32.6 Å². The largest absolute Gasteiger partial charge is 0.726 e. The van der Waals surface area contributed by atoms with Gasteiger partial charge in [0.05, 0.1) is 19.2 Å². The smallest absolute Gasteiger partial charge is 0.217 e. The molecule has 0 spiro atoms. The lowest BCUT2D eigenvalue weighted by molar-refractivity contribution is -0.662. The average Bonchev–Trinajstić information content (AvgIpc) is 2.69. The molecular formula is C23H49NO4S. The molecule has 0 aromatic heterocycles. The lowest BCUT2D eigenvalue weighted by Crippen LogP contribution is -2.85. The summed E-state index contributed by atoms with van der Waals surface area (Å²) in [6.45, 7) is 6.64. The molecule has 0 aromatic rings. The van der Waals surface area contributed by atoms with E-state index >= 15 is 0 Å². The summed E-state index contributed by atoms with van der Waals surface area (Å²) in [6.07, 6.45) is 22.7. The van der Waals surface area contributed by atoms with Crippen molar-refractivity contribution < 1.29 is 22.5 Å². The van der Waals surface area contributed by atoms with Gasteiger partial charge in [-0.15, -0.1) is 0 Å². The van der Waals surface area contributed by atoms with E-state index in [0.29, 0.717) is 6.42 Å². The molecule has 1 heterocycles. The minimum atomic E-state index is -4.54. The first kappa shape index (κ1) is 28.8. The molecule has 0 saturated carbocycles. The van der Waals surface area contributed by atoms with Crippen LogP contribution in [0.1, 0.15) is 129 Å². The molecule has 1 atom stereocenters. The van der Waals surface area contributed by atoms with Crippen molar-refractivity contribution in [2.24, 2.45) is 0 Å². The highest BCUT2D eigenvalue weighted by atomic mass is 32.3. The van der Waals surface area contributed by atoms with Crippen LogP contribution in [0.25, 0.3) is 0 Å². The molecular weight excluding hydrogens is 386 g/mol. The van der Waals surface area contributed by atoms with Crippen molar-refractivity contribution in [3.63, 3.8) is 0 Å². The van der Waals surface area contributed by atoms with Crippen molar-refractivity contribution in [2.45, 2.75) is 136 Å². The number of hydrogen-bond acceptors (Lipinski definition) is 4. The third-order valence-corrected chi connectivity index (χ3v) is 6.13. The van der Waals surface area contributed by atoms with Gasteiger partial charge >= 0.3 is 0 Å². The van der Waals surface area contributed by atoms with Gasteiger partial charge < -0.3 is 9.87 Å². The van der Waals surface area contributed by atoms with Crippen molar-refractivity contribution in [2.75, 3.05) is 13.1 Å². The molecule has 2 N–H and O–H groups in total. The first-order valence-corrected chi connectivity index (χ1v) is 13.7. The van der Waals surface area contributed by atoms with Gasteiger partial charge in [0, 0.05) is 0 Å². The van der Waals surface area contributed by atoms with Crippen LogP contribution in [0.3, 0.4) is 0 Å². The fourth-order valence-electron chi connectivity index (χ4n) is 3.77. The Labute approximate surface area is 181 Å². The SMILES string of the molecule is C1CC[NH2+]CC1.CCCCCCCCCCCCCCCCC(C)OS(=O)(=O)[O-]. The third-order valence-electron chi connectivity index (χ3n) is 5.56. The van der Waals surface area contributed by atoms with E-state index in [-0.39, 0.29) is 0 Å². The Kier molecular flexibility index (Phi) is 21.0. The molecule has 5 nitrogen and oxygen atoms in total. The zero-order valence-corrected chi connectivity index (χ0v) is 20.2. The van der Waals surface area contributed by atoms with E-state index in [1.54, 1.807) is 6.92 Å². The van der Waals surface area contributed by atoms with Gasteiger partial charge in [0.2, 0.25) is 10.4 Å². The maximum atomic E-state index is 10.4. The Morgan fingerprint density at radius 2 is 1.17 bits per heavy atom. The van der Waals surface area contributed by atoms with Gasteiger partial charge in [-0.25, -0.2) is 8.42 Å². The summed E-state index contributed by atoms with van der Waals surface area (Å²) in [6, 6.07) is 0. The third kappa shape index (κ3) is 25.8. The number of rotatable bonds is 17. The second-order valence-corrected chi connectivity index (χ2v) is 9.64. The molecule has 1 fully saturated rings. The predicted octanol–water partition coefficient (Wildman–Crippen LogP) is 5.46. The van der Waals surface area contributed by atoms with Crippen molar-refractivity contribution in [3.05, 3.63) is 0 Å². The van der Waals surface area contributed by atoms with E-state index in [2.05, 4.69) is 16.4 Å². The van der Waals surface area contributed by atoms with Gasteiger partial charge in [-0.3, -0.25) is 4.18 Å². The molecule has 0 amide bonds. The second kappa shape index (κ2) is 21.1. The van der Waals surface area contributed by atoms with Gasteiger partial charge in [0.1, 0.15) is 0 Å². The Morgan fingerprint density at radius 1 is 0.759 bits per heavy atom. The highest BCUT2D eigenvalue weighted by Crippen LogP contribution is 2.14. The van der Waals surface area contributed by atoms with E-state index in [0.717, 1.165) is 12.8 Å². The van der Waals surface area contributed by atoms with Crippen molar-refractivity contribution in [1.29, 1.82) is 0 Å². The van der Waals surface area contributed by atoms with Gasteiger partial charge in [0.25, 0.3) is 0 Å². The Balaban J connectivity index is 0.00000110. The molecule has 0 aromatic carbocycles. The van der Waals surface area contributed by atoms with Gasteiger partial charge in [-0.1, -0.05) is 96.8 Å².